The monoisotopic (exact) mass is 450 g/mol. The van der Waals surface area contributed by atoms with E-state index in [0.29, 0.717) is 18.5 Å². The lowest BCUT2D eigenvalue weighted by Gasteiger charge is -2.31. The number of anilines is 1. The number of benzene rings is 1. The van der Waals surface area contributed by atoms with Crippen molar-refractivity contribution in [3.05, 3.63) is 24.3 Å². The Morgan fingerprint density at radius 2 is 1.58 bits per heavy atom. The molecule has 1 aromatic rings. The van der Waals surface area contributed by atoms with Crippen LogP contribution in [-0.2, 0) is 24.4 Å². The van der Waals surface area contributed by atoms with Gasteiger partial charge in [0, 0.05) is 44.7 Å². The van der Waals surface area contributed by atoms with Crippen LogP contribution in [-0.4, -0.2) is 67.6 Å². The summed E-state index contributed by atoms with van der Waals surface area (Å²) in [6, 6.07) is 5.45. The van der Waals surface area contributed by atoms with Crippen LogP contribution in [0.5, 0.6) is 0 Å². The molecule has 0 aliphatic carbocycles. The van der Waals surface area contributed by atoms with Crippen LogP contribution in [0, 0.1) is 5.92 Å². The molecule has 3 rings (SSSR count). The Morgan fingerprint density at radius 3 is 2.13 bits per heavy atom. The lowest BCUT2D eigenvalue weighted by atomic mass is 9.97. The molecule has 0 bridgehead atoms. The number of carbonyl (C=O) groups excluding carboxylic acids is 3. The molecule has 0 radical (unpaired) electrons. The number of likely N-dealkylation sites (tertiary alicyclic amines) is 1. The summed E-state index contributed by atoms with van der Waals surface area (Å²) in [5, 5.41) is 5.40. The Labute approximate surface area is 183 Å². The van der Waals surface area contributed by atoms with Crippen LogP contribution in [0.25, 0.3) is 0 Å². The Balaban J connectivity index is 1.53. The highest BCUT2D eigenvalue weighted by Gasteiger charge is 2.33. The third-order valence-corrected chi connectivity index (χ3v) is 7.70. The van der Waals surface area contributed by atoms with Crippen molar-refractivity contribution >= 4 is 33.4 Å². The van der Waals surface area contributed by atoms with Gasteiger partial charge < -0.3 is 15.5 Å². The number of nitrogens with zero attached hydrogens (tertiary/aromatic N) is 2. The molecule has 0 unspecified atom stereocenters. The number of sulfonamides is 1. The molecule has 0 saturated carbocycles. The SMILES string of the molecule is CC(=O)Nc1ccc(S(=O)(=O)N2CCC(C(=O)N[C@@H](C)C(=O)N3CCCC3)CC2)cc1. The number of piperidine rings is 1. The topological polar surface area (TPSA) is 116 Å². The first-order valence-corrected chi connectivity index (χ1v) is 12.1. The summed E-state index contributed by atoms with van der Waals surface area (Å²) >= 11 is 0. The first-order valence-electron chi connectivity index (χ1n) is 10.7. The van der Waals surface area contributed by atoms with E-state index in [4.69, 9.17) is 0 Å². The zero-order valence-corrected chi connectivity index (χ0v) is 18.8. The molecule has 0 spiro atoms. The van der Waals surface area contributed by atoms with Gasteiger partial charge in [-0.3, -0.25) is 14.4 Å². The van der Waals surface area contributed by atoms with E-state index in [-0.39, 0.29) is 41.6 Å². The Hall–Kier alpha value is -2.46. The smallest absolute Gasteiger partial charge is 0.244 e. The summed E-state index contributed by atoms with van der Waals surface area (Å²) in [5.41, 5.74) is 0.527. The lowest BCUT2D eigenvalue weighted by molar-refractivity contribution is -0.136. The Bertz CT molecular complexity index is 918. The van der Waals surface area contributed by atoms with Crippen LogP contribution in [0.4, 0.5) is 5.69 Å². The summed E-state index contributed by atoms with van der Waals surface area (Å²) in [6.45, 7) is 5.03. The van der Waals surface area contributed by atoms with Crippen LogP contribution in [0.1, 0.15) is 39.5 Å². The average Bonchev–Trinajstić information content (AvgIpc) is 3.28. The molecule has 10 heteroatoms. The molecule has 9 nitrogen and oxygen atoms in total. The number of hydrogen-bond acceptors (Lipinski definition) is 5. The molecule has 2 N–H and O–H groups in total. The van der Waals surface area contributed by atoms with Gasteiger partial charge in [0.1, 0.15) is 6.04 Å². The van der Waals surface area contributed by atoms with Gasteiger partial charge in [0.2, 0.25) is 27.7 Å². The van der Waals surface area contributed by atoms with Crippen molar-refractivity contribution in [3.63, 3.8) is 0 Å². The van der Waals surface area contributed by atoms with Gasteiger partial charge in [-0.25, -0.2) is 8.42 Å². The minimum atomic E-state index is -3.68. The zero-order chi connectivity index (χ0) is 22.6. The Kier molecular flexibility index (Phi) is 7.32. The van der Waals surface area contributed by atoms with Crippen molar-refractivity contribution in [1.82, 2.24) is 14.5 Å². The maximum absolute atomic E-state index is 12.9. The maximum atomic E-state index is 12.9. The van der Waals surface area contributed by atoms with Gasteiger partial charge in [0.05, 0.1) is 4.90 Å². The molecule has 2 aliphatic rings. The number of amides is 3. The van der Waals surface area contributed by atoms with Gasteiger partial charge in [0.25, 0.3) is 0 Å². The van der Waals surface area contributed by atoms with Gasteiger partial charge in [-0.1, -0.05) is 0 Å². The van der Waals surface area contributed by atoms with E-state index in [0.717, 1.165) is 25.9 Å². The van der Waals surface area contributed by atoms with Gasteiger partial charge >= 0.3 is 0 Å². The van der Waals surface area contributed by atoms with Crippen LogP contribution in [0.3, 0.4) is 0 Å². The summed E-state index contributed by atoms with van der Waals surface area (Å²) in [7, 11) is -3.68. The third kappa shape index (κ3) is 5.62. The second-order valence-electron chi connectivity index (χ2n) is 8.15. The first-order chi connectivity index (χ1) is 14.7. The van der Waals surface area contributed by atoms with Gasteiger partial charge in [-0.05, 0) is 56.9 Å². The predicted molar refractivity (Wildman–Crippen MR) is 116 cm³/mol. The van der Waals surface area contributed by atoms with Crippen molar-refractivity contribution in [3.8, 4) is 0 Å². The van der Waals surface area contributed by atoms with Crippen molar-refractivity contribution in [1.29, 1.82) is 0 Å². The van der Waals surface area contributed by atoms with E-state index in [2.05, 4.69) is 10.6 Å². The summed E-state index contributed by atoms with van der Waals surface area (Å²) in [6.07, 6.45) is 2.80. The van der Waals surface area contributed by atoms with E-state index >= 15 is 0 Å². The molecule has 31 heavy (non-hydrogen) atoms. The van der Waals surface area contributed by atoms with E-state index < -0.39 is 16.1 Å². The fourth-order valence-electron chi connectivity index (χ4n) is 4.03. The minimum Gasteiger partial charge on any atom is -0.344 e. The van der Waals surface area contributed by atoms with Crippen molar-refractivity contribution in [2.24, 2.45) is 5.92 Å². The normalized spacial score (nSPS) is 19.1. The highest BCUT2D eigenvalue weighted by atomic mass is 32.2. The van der Waals surface area contributed by atoms with Crippen molar-refractivity contribution < 1.29 is 22.8 Å². The molecule has 2 aliphatic heterocycles. The standard InChI is InChI=1S/C21H30N4O5S/c1-15(21(28)24-11-3-4-12-24)22-20(27)17-9-13-25(14-10-17)31(29,30)19-7-5-18(6-8-19)23-16(2)26/h5-8,15,17H,3-4,9-14H2,1-2H3,(H,22,27)(H,23,26)/t15-/m0/s1. The largest absolute Gasteiger partial charge is 0.344 e. The lowest BCUT2D eigenvalue weighted by Crippen LogP contribution is -2.49. The number of carbonyl (C=O) groups is 3. The number of rotatable bonds is 6. The molecule has 170 valence electrons. The summed E-state index contributed by atoms with van der Waals surface area (Å²) in [4.78, 5) is 38.0. The molecular weight excluding hydrogens is 420 g/mol. The maximum Gasteiger partial charge on any atom is 0.244 e. The van der Waals surface area contributed by atoms with Crippen LogP contribution < -0.4 is 10.6 Å². The minimum absolute atomic E-state index is 0.0615. The number of hydrogen-bond donors (Lipinski definition) is 2. The van der Waals surface area contributed by atoms with Gasteiger partial charge in [-0.15, -0.1) is 0 Å². The second-order valence-corrected chi connectivity index (χ2v) is 10.1. The van der Waals surface area contributed by atoms with Crippen LogP contribution >= 0.6 is 0 Å². The van der Waals surface area contributed by atoms with Gasteiger partial charge in [-0.2, -0.15) is 4.31 Å². The van der Waals surface area contributed by atoms with E-state index in [1.807, 2.05) is 0 Å². The van der Waals surface area contributed by atoms with Crippen LogP contribution in [0.15, 0.2) is 29.2 Å². The highest BCUT2D eigenvalue weighted by molar-refractivity contribution is 7.89. The molecule has 1 aromatic carbocycles. The molecule has 2 saturated heterocycles. The van der Waals surface area contributed by atoms with Crippen molar-refractivity contribution in [2.45, 2.75) is 50.5 Å². The summed E-state index contributed by atoms with van der Waals surface area (Å²) < 4.78 is 27.2. The first kappa shape index (κ1) is 23.2. The van der Waals surface area contributed by atoms with E-state index in [1.165, 1.54) is 23.4 Å². The van der Waals surface area contributed by atoms with E-state index in [9.17, 15) is 22.8 Å². The van der Waals surface area contributed by atoms with Crippen molar-refractivity contribution in [2.75, 3.05) is 31.5 Å². The van der Waals surface area contributed by atoms with E-state index in [1.54, 1.807) is 24.0 Å². The quantitative estimate of drug-likeness (QED) is 0.675. The third-order valence-electron chi connectivity index (χ3n) is 5.78. The molecule has 1 atom stereocenters. The molecule has 0 aromatic heterocycles. The fourth-order valence-corrected chi connectivity index (χ4v) is 5.49. The predicted octanol–water partition coefficient (Wildman–Crippen LogP) is 1.17. The summed E-state index contributed by atoms with van der Waals surface area (Å²) in [5.74, 6) is -0.805. The molecule has 3 amide bonds. The average molecular weight is 451 g/mol. The molecular formula is C21H30N4O5S. The van der Waals surface area contributed by atoms with Gasteiger partial charge in [0.15, 0.2) is 0 Å². The molecule has 2 heterocycles. The molecule has 2 fully saturated rings. The second kappa shape index (κ2) is 9.78. The zero-order valence-electron chi connectivity index (χ0n) is 18.0. The number of nitrogens with one attached hydrogen (secondary N) is 2. The fraction of sp³-hybridized carbons (Fsp3) is 0.571. The highest BCUT2D eigenvalue weighted by Crippen LogP contribution is 2.25. The Morgan fingerprint density at radius 1 is 1.00 bits per heavy atom. The van der Waals surface area contributed by atoms with Crippen LogP contribution in [0.2, 0.25) is 0 Å².